The van der Waals surface area contributed by atoms with Crippen molar-refractivity contribution >= 4 is 11.6 Å². The summed E-state index contributed by atoms with van der Waals surface area (Å²) in [5, 5.41) is 2.79. The van der Waals surface area contributed by atoms with E-state index in [2.05, 4.69) is 11.4 Å². The Labute approximate surface area is 113 Å². The second kappa shape index (κ2) is 5.57. The first-order chi connectivity index (χ1) is 9.10. The van der Waals surface area contributed by atoms with Crippen LogP contribution in [0.3, 0.4) is 0 Å². The Kier molecular flexibility index (Phi) is 3.85. The van der Waals surface area contributed by atoms with Crippen LogP contribution in [0.2, 0.25) is 0 Å². The third-order valence-electron chi connectivity index (χ3n) is 2.85. The molecule has 0 saturated carbocycles. The van der Waals surface area contributed by atoms with Crippen LogP contribution in [0.4, 0.5) is 5.69 Å². The van der Waals surface area contributed by atoms with Gasteiger partial charge in [-0.3, -0.25) is 4.79 Å². The number of ether oxygens (including phenoxy) is 1. The highest BCUT2D eigenvalue weighted by atomic mass is 16.5. The molecular formula is C16H17NO2. The largest absolute Gasteiger partial charge is 0.496 e. The highest BCUT2D eigenvalue weighted by Crippen LogP contribution is 2.32. The lowest BCUT2D eigenvalue weighted by Crippen LogP contribution is -2.05. The molecule has 0 unspecified atom stereocenters. The highest BCUT2D eigenvalue weighted by Gasteiger charge is 2.07. The van der Waals surface area contributed by atoms with E-state index in [-0.39, 0.29) is 5.91 Å². The summed E-state index contributed by atoms with van der Waals surface area (Å²) in [6.07, 6.45) is 0. The lowest BCUT2D eigenvalue weighted by atomic mass is 10.0. The zero-order valence-electron chi connectivity index (χ0n) is 11.4. The van der Waals surface area contributed by atoms with Crippen molar-refractivity contribution < 1.29 is 9.53 Å². The van der Waals surface area contributed by atoms with Crippen molar-refractivity contribution in [3.8, 4) is 16.9 Å². The lowest BCUT2D eigenvalue weighted by molar-refractivity contribution is -0.114. The van der Waals surface area contributed by atoms with Crippen molar-refractivity contribution in [1.82, 2.24) is 0 Å². The molecule has 0 fully saturated rings. The molecule has 0 bridgehead atoms. The molecule has 2 aromatic carbocycles. The fraction of sp³-hybridized carbons (Fsp3) is 0.188. The number of rotatable bonds is 3. The molecule has 2 rings (SSSR count). The Morgan fingerprint density at radius 2 is 1.95 bits per heavy atom. The molecule has 0 saturated heterocycles. The Morgan fingerprint density at radius 1 is 1.16 bits per heavy atom. The fourth-order valence-electron chi connectivity index (χ4n) is 2.02. The molecule has 3 heteroatoms. The van der Waals surface area contributed by atoms with Crippen LogP contribution in [0.15, 0.2) is 42.5 Å². The molecule has 2 aromatic rings. The molecule has 0 atom stereocenters. The van der Waals surface area contributed by atoms with E-state index in [1.165, 1.54) is 12.5 Å². The molecule has 0 aromatic heterocycles. The van der Waals surface area contributed by atoms with Crippen molar-refractivity contribution in [2.24, 2.45) is 0 Å². The van der Waals surface area contributed by atoms with Crippen molar-refractivity contribution in [3.63, 3.8) is 0 Å². The van der Waals surface area contributed by atoms with Crippen molar-refractivity contribution in [3.05, 3.63) is 48.0 Å². The molecule has 0 spiro atoms. The number of benzene rings is 2. The summed E-state index contributed by atoms with van der Waals surface area (Å²) in [7, 11) is 1.66. The van der Waals surface area contributed by atoms with E-state index in [1.54, 1.807) is 7.11 Å². The van der Waals surface area contributed by atoms with Gasteiger partial charge >= 0.3 is 0 Å². The highest BCUT2D eigenvalue weighted by molar-refractivity contribution is 5.89. The number of carbonyl (C=O) groups excluding carboxylic acids is 1. The number of hydrogen-bond acceptors (Lipinski definition) is 2. The minimum Gasteiger partial charge on any atom is -0.496 e. The van der Waals surface area contributed by atoms with Crippen molar-refractivity contribution in [1.29, 1.82) is 0 Å². The fourth-order valence-corrected chi connectivity index (χ4v) is 2.02. The number of methoxy groups -OCH3 is 1. The summed E-state index contributed by atoms with van der Waals surface area (Å²) >= 11 is 0. The maximum absolute atomic E-state index is 11.1. The van der Waals surface area contributed by atoms with Gasteiger partial charge in [0.2, 0.25) is 5.91 Å². The van der Waals surface area contributed by atoms with Gasteiger partial charge in [0.25, 0.3) is 0 Å². The quantitative estimate of drug-likeness (QED) is 0.909. The average molecular weight is 255 g/mol. The van der Waals surface area contributed by atoms with Gasteiger partial charge in [0.1, 0.15) is 5.75 Å². The molecule has 0 heterocycles. The van der Waals surface area contributed by atoms with Crippen LogP contribution < -0.4 is 10.1 Å². The van der Waals surface area contributed by atoms with Gasteiger partial charge in [-0.05, 0) is 36.8 Å². The maximum Gasteiger partial charge on any atom is 0.221 e. The summed E-state index contributed by atoms with van der Waals surface area (Å²) in [5.41, 5.74) is 4.00. The van der Waals surface area contributed by atoms with Crippen LogP contribution in [0, 0.1) is 6.92 Å². The maximum atomic E-state index is 11.1. The monoisotopic (exact) mass is 255 g/mol. The van der Waals surface area contributed by atoms with Gasteiger partial charge in [-0.2, -0.15) is 0 Å². The smallest absolute Gasteiger partial charge is 0.221 e. The van der Waals surface area contributed by atoms with E-state index < -0.39 is 0 Å². The summed E-state index contributed by atoms with van der Waals surface area (Å²) in [6.45, 7) is 3.54. The predicted molar refractivity (Wildman–Crippen MR) is 77.5 cm³/mol. The molecule has 1 N–H and O–H groups in total. The average Bonchev–Trinajstić information content (AvgIpc) is 2.38. The zero-order chi connectivity index (χ0) is 13.8. The summed E-state index contributed by atoms with van der Waals surface area (Å²) in [5.74, 6) is 0.749. The Morgan fingerprint density at radius 3 is 2.63 bits per heavy atom. The first-order valence-electron chi connectivity index (χ1n) is 6.13. The Hall–Kier alpha value is -2.29. The second-order valence-corrected chi connectivity index (χ2v) is 4.47. The van der Waals surface area contributed by atoms with Gasteiger partial charge in [0.15, 0.2) is 0 Å². The van der Waals surface area contributed by atoms with Crippen molar-refractivity contribution in [2.75, 3.05) is 12.4 Å². The van der Waals surface area contributed by atoms with Crippen LogP contribution in [0.1, 0.15) is 12.5 Å². The van der Waals surface area contributed by atoms with Crippen LogP contribution >= 0.6 is 0 Å². The molecule has 1 amide bonds. The molecule has 0 radical (unpaired) electrons. The number of anilines is 1. The molecule has 0 aliphatic heterocycles. The molecule has 3 nitrogen and oxygen atoms in total. The first kappa shape index (κ1) is 13.1. The lowest BCUT2D eigenvalue weighted by Gasteiger charge is -2.11. The summed E-state index contributed by atoms with van der Waals surface area (Å²) in [6, 6.07) is 13.8. The van der Waals surface area contributed by atoms with E-state index in [1.807, 2.05) is 43.3 Å². The minimum absolute atomic E-state index is 0.0756. The van der Waals surface area contributed by atoms with Gasteiger partial charge in [0.05, 0.1) is 7.11 Å². The Bertz CT molecular complexity index is 605. The third-order valence-corrected chi connectivity index (χ3v) is 2.85. The molecule has 19 heavy (non-hydrogen) atoms. The first-order valence-corrected chi connectivity index (χ1v) is 6.13. The van der Waals surface area contributed by atoms with Gasteiger partial charge in [-0.25, -0.2) is 0 Å². The van der Waals surface area contributed by atoms with Gasteiger partial charge in [0, 0.05) is 18.2 Å². The van der Waals surface area contributed by atoms with E-state index >= 15 is 0 Å². The van der Waals surface area contributed by atoms with Crippen LogP contribution in [0.5, 0.6) is 5.75 Å². The number of amides is 1. The molecular weight excluding hydrogens is 238 g/mol. The topological polar surface area (TPSA) is 38.3 Å². The zero-order valence-corrected chi connectivity index (χ0v) is 11.4. The molecule has 98 valence electrons. The van der Waals surface area contributed by atoms with Gasteiger partial charge < -0.3 is 10.1 Å². The van der Waals surface area contributed by atoms with Gasteiger partial charge in [-0.1, -0.05) is 23.8 Å². The van der Waals surface area contributed by atoms with Crippen LogP contribution in [-0.2, 0) is 4.79 Å². The third kappa shape index (κ3) is 3.13. The minimum atomic E-state index is -0.0756. The summed E-state index contributed by atoms with van der Waals surface area (Å²) in [4.78, 5) is 11.1. The second-order valence-electron chi connectivity index (χ2n) is 4.47. The predicted octanol–water partition coefficient (Wildman–Crippen LogP) is 3.63. The standard InChI is InChI=1S/C16H17NO2/c1-11-7-8-16(19-3)15(9-11)13-5-4-6-14(10-13)17-12(2)18/h4-10H,1-3H3,(H,17,18). The number of carbonyl (C=O) groups is 1. The SMILES string of the molecule is COc1ccc(C)cc1-c1cccc(NC(C)=O)c1. The molecule has 0 aliphatic carbocycles. The number of hydrogen-bond donors (Lipinski definition) is 1. The van der Waals surface area contributed by atoms with Gasteiger partial charge in [-0.15, -0.1) is 0 Å². The van der Waals surface area contributed by atoms with Crippen molar-refractivity contribution in [2.45, 2.75) is 13.8 Å². The number of nitrogens with one attached hydrogen (secondary N) is 1. The molecule has 0 aliphatic rings. The normalized spacial score (nSPS) is 10.1. The van der Waals surface area contributed by atoms with Crippen LogP contribution in [0.25, 0.3) is 11.1 Å². The van der Waals surface area contributed by atoms with Crippen LogP contribution in [-0.4, -0.2) is 13.0 Å². The number of aryl methyl sites for hydroxylation is 1. The van der Waals surface area contributed by atoms with E-state index in [9.17, 15) is 4.79 Å². The van der Waals surface area contributed by atoms with E-state index in [0.29, 0.717) is 0 Å². The summed E-state index contributed by atoms with van der Waals surface area (Å²) < 4.78 is 5.39. The van der Waals surface area contributed by atoms with E-state index in [4.69, 9.17) is 4.74 Å². The van der Waals surface area contributed by atoms with E-state index in [0.717, 1.165) is 22.6 Å². The Balaban J connectivity index is 2.46.